The molecule has 0 saturated carbocycles. The molecule has 0 aliphatic carbocycles. The smallest absolute Gasteiger partial charge is 0.311 e. The third kappa shape index (κ3) is 4.84. The fourth-order valence-electron chi connectivity index (χ4n) is 1.58. The van der Waals surface area contributed by atoms with Crippen LogP contribution in [0.25, 0.3) is 0 Å². The Labute approximate surface area is 128 Å². The van der Waals surface area contributed by atoms with Crippen LogP contribution >= 0.6 is 23.2 Å². The molecular formula is C14H14Cl2N2O2. The lowest BCUT2D eigenvalue weighted by molar-refractivity contribution is -0.141. The second-order valence-electron chi connectivity index (χ2n) is 4.04. The molecule has 0 N–H and O–H groups in total. The van der Waals surface area contributed by atoms with Gasteiger partial charge in [-0.3, -0.25) is 9.79 Å². The number of rotatable bonds is 5. The SMILES string of the molecule is CCOC(=O)CC(C)=NC(C#N)c1ccc(Cl)cc1Cl. The van der Waals surface area contributed by atoms with Gasteiger partial charge in [-0.15, -0.1) is 0 Å². The van der Waals surface area contributed by atoms with Gasteiger partial charge >= 0.3 is 5.97 Å². The van der Waals surface area contributed by atoms with Crippen LogP contribution in [0, 0.1) is 11.3 Å². The number of ether oxygens (including phenoxy) is 1. The van der Waals surface area contributed by atoms with Crippen LogP contribution in [0.4, 0.5) is 0 Å². The molecule has 1 aromatic rings. The van der Waals surface area contributed by atoms with E-state index in [4.69, 9.17) is 27.9 Å². The highest BCUT2D eigenvalue weighted by Gasteiger charge is 2.14. The Balaban J connectivity index is 2.91. The molecule has 0 aliphatic heterocycles. The van der Waals surface area contributed by atoms with Gasteiger partial charge in [-0.1, -0.05) is 29.3 Å². The number of nitrogens with zero attached hydrogens (tertiary/aromatic N) is 2. The van der Waals surface area contributed by atoms with Crippen LogP contribution in [0.15, 0.2) is 23.2 Å². The van der Waals surface area contributed by atoms with Gasteiger partial charge in [-0.2, -0.15) is 5.26 Å². The quantitative estimate of drug-likeness (QED) is 0.610. The Morgan fingerprint density at radius 1 is 1.50 bits per heavy atom. The van der Waals surface area contributed by atoms with Crippen LogP contribution < -0.4 is 0 Å². The lowest BCUT2D eigenvalue weighted by Gasteiger charge is -2.09. The first-order valence-electron chi connectivity index (χ1n) is 6.01. The van der Waals surface area contributed by atoms with Gasteiger partial charge in [0.25, 0.3) is 0 Å². The summed E-state index contributed by atoms with van der Waals surface area (Å²) in [4.78, 5) is 15.5. The maximum Gasteiger partial charge on any atom is 0.311 e. The van der Waals surface area contributed by atoms with Crippen molar-refractivity contribution in [3.8, 4) is 6.07 Å². The van der Waals surface area contributed by atoms with Crippen molar-refractivity contribution in [2.75, 3.05) is 6.61 Å². The summed E-state index contributed by atoms with van der Waals surface area (Å²) < 4.78 is 4.83. The minimum atomic E-state index is -0.769. The van der Waals surface area contributed by atoms with Crippen molar-refractivity contribution >= 4 is 34.9 Å². The standard InChI is InChI=1S/C14H14Cl2N2O2/c1-3-20-14(19)6-9(2)18-13(8-17)11-5-4-10(15)7-12(11)16/h4-5,7,13H,3,6H2,1-2H3. The number of carbonyl (C=O) groups excluding carboxylic acids is 1. The van der Waals surface area contributed by atoms with Gasteiger partial charge in [0.2, 0.25) is 0 Å². The fraction of sp³-hybridized carbons (Fsp3) is 0.357. The molecular weight excluding hydrogens is 299 g/mol. The number of benzene rings is 1. The summed E-state index contributed by atoms with van der Waals surface area (Å²) in [6, 6.07) is 6.13. The normalized spacial score (nSPS) is 12.7. The Morgan fingerprint density at radius 3 is 2.75 bits per heavy atom. The highest BCUT2D eigenvalue weighted by molar-refractivity contribution is 6.35. The van der Waals surface area contributed by atoms with Crippen molar-refractivity contribution in [2.45, 2.75) is 26.3 Å². The van der Waals surface area contributed by atoms with Gasteiger partial charge in [0.15, 0.2) is 6.04 Å². The maximum atomic E-state index is 11.3. The number of hydrogen-bond donors (Lipinski definition) is 0. The third-order valence-corrected chi connectivity index (χ3v) is 3.00. The first kappa shape index (κ1) is 16.5. The fourth-order valence-corrected chi connectivity index (χ4v) is 2.09. The Hall–Kier alpha value is -1.57. The van der Waals surface area contributed by atoms with Crippen molar-refractivity contribution < 1.29 is 9.53 Å². The van der Waals surface area contributed by atoms with Crippen molar-refractivity contribution in [1.82, 2.24) is 0 Å². The molecule has 1 rings (SSSR count). The van der Waals surface area contributed by atoms with E-state index in [1.165, 1.54) is 0 Å². The number of carbonyl (C=O) groups is 1. The van der Waals surface area contributed by atoms with Gasteiger partial charge in [0, 0.05) is 21.3 Å². The summed E-state index contributed by atoms with van der Waals surface area (Å²) in [5, 5.41) is 10.1. The third-order valence-electron chi connectivity index (χ3n) is 2.43. The average molecular weight is 313 g/mol. The maximum absolute atomic E-state index is 11.3. The Morgan fingerprint density at radius 2 is 2.20 bits per heavy atom. The second kappa shape index (κ2) is 7.88. The van der Waals surface area contributed by atoms with E-state index in [1.807, 2.05) is 6.07 Å². The minimum Gasteiger partial charge on any atom is -0.466 e. The zero-order valence-corrected chi connectivity index (χ0v) is 12.7. The van der Waals surface area contributed by atoms with Gasteiger partial charge < -0.3 is 4.74 Å². The van der Waals surface area contributed by atoms with Crippen LogP contribution in [0.3, 0.4) is 0 Å². The molecule has 1 aromatic carbocycles. The predicted molar refractivity (Wildman–Crippen MR) is 79.2 cm³/mol. The van der Waals surface area contributed by atoms with Gasteiger partial charge in [-0.05, 0) is 26.0 Å². The largest absolute Gasteiger partial charge is 0.466 e. The number of hydrogen-bond acceptors (Lipinski definition) is 4. The first-order valence-corrected chi connectivity index (χ1v) is 6.77. The van der Waals surface area contributed by atoms with Crippen LogP contribution in [0.2, 0.25) is 10.0 Å². The van der Waals surface area contributed by atoms with Crippen LogP contribution in [-0.4, -0.2) is 18.3 Å². The molecule has 0 fully saturated rings. The molecule has 6 heteroatoms. The van der Waals surface area contributed by atoms with E-state index < -0.39 is 6.04 Å². The summed E-state index contributed by atoms with van der Waals surface area (Å²) >= 11 is 11.9. The Bertz CT molecular complexity index is 565. The van der Waals surface area contributed by atoms with Gasteiger partial charge in [-0.25, -0.2) is 0 Å². The average Bonchev–Trinajstić information content (AvgIpc) is 2.36. The number of esters is 1. The Kier molecular flexibility index (Phi) is 6.50. The van der Waals surface area contributed by atoms with E-state index >= 15 is 0 Å². The molecule has 0 aliphatic rings. The van der Waals surface area contributed by atoms with Crippen LogP contribution in [0.5, 0.6) is 0 Å². The van der Waals surface area contributed by atoms with Gasteiger partial charge in [0.05, 0.1) is 19.1 Å². The molecule has 1 unspecified atom stereocenters. The number of nitriles is 1. The van der Waals surface area contributed by atoms with Crippen molar-refractivity contribution in [3.05, 3.63) is 33.8 Å². The molecule has 1 atom stereocenters. The van der Waals surface area contributed by atoms with Gasteiger partial charge in [0.1, 0.15) is 0 Å². The van der Waals surface area contributed by atoms with Crippen molar-refractivity contribution in [2.24, 2.45) is 4.99 Å². The molecule has 0 amide bonds. The number of aliphatic imine (C=N–C) groups is 1. The summed E-state index contributed by atoms with van der Waals surface area (Å²) in [6.45, 7) is 3.72. The molecule has 0 spiro atoms. The molecule has 0 radical (unpaired) electrons. The molecule has 4 nitrogen and oxygen atoms in total. The van der Waals surface area contributed by atoms with E-state index in [1.54, 1.807) is 32.0 Å². The summed E-state index contributed by atoms with van der Waals surface area (Å²) in [7, 11) is 0. The molecule has 0 saturated heterocycles. The topological polar surface area (TPSA) is 62.4 Å². The predicted octanol–water partition coefficient (Wildman–Crippen LogP) is 3.97. The molecule has 0 heterocycles. The molecule has 20 heavy (non-hydrogen) atoms. The highest BCUT2D eigenvalue weighted by Crippen LogP contribution is 2.28. The molecule has 0 aromatic heterocycles. The number of halogens is 2. The minimum absolute atomic E-state index is 0.0528. The van der Waals surface area contributed by atoms with E-state index in [-0.39, 0.29) is 12.4 Å². The van der Waals surface area contributed by atoms with Crippen LogP contribution in [-0.2, 0) is 9.53 Å². The van der Waals surface area contributed by atoms with Crippen molar-refractivity contribution in [1.29, 1.82) is 5.26 Å². The van der Waals surface area contributed by atoms with E-state index in [9.17, 15) is 10.1 Å². The van der Waals surface area contributed by atoms with Crippen molar-refractivity contribution in [3.63, 3.8) is 0 Å². The zero-order chi connectivity index (χ0) is 15.1. The zero-order valence-electron chi connectivity index (χ0n) is 11.2. The molecule has 106 valence electrons. The summed E-state index contributed by atoms with van der Waals surface area (Å²) in [5.41, 5.74) is 1.07. The summed E-state index contributed by atoms with van der Waals surface area (Å²) in [6.07, 6.45) is 0.0528. The van der Waals surface area contributed by atoms with E-state index in [0.717, 1.165) is 0 Å². The lowest BCUT2D eigenvalue weighted by atomic mass is 10.1. The monoisotopic (exact) mass is 312 g/mol. The van der Waals surface area contributed by atoms with E-state index in [2.05, 4.69) is 4.99 Å². The first-order chi connectivity index (χ1) is 9.47. The summed E-state index contributed by atoms with van der Waals surface area (Å²) in [5.74, 6) is -0.368. The van der Waals surface area contributed by atoms with E-state index in [0.29, 0.717) is 27.9 Å². The van der Waals surface area contributed by atoms with Crippen LogP contribution in [0.1, 0.15) is 31.9 Å². The second-order valence-corrected chi connectivity index (χ2v) is 4.89. The molecule has 0 bridgehead atoms. The lowest BCUT2D eigenvalue weighted by Crippen LogP contribution is -2.10. The highest BCUT2D eigenvalue weighted by atomic mass is 35.5.